The van der Waals surface area contributed by atoms with E-state index in [9.17, 15) is 4.79 Å². The van der Waals surface area contributed by atoms with Crippen LogP contribution in [0, 0.1) is 5.92 Å². The standard InChI is InChI=1S/C19H26BrClN4O.HI/c1-22-19(23-11-14-6-7-15(20)10-17(14)21)24-16-8-9-25(12-16)18(26)13-4-2-3-5-13;/h6-7,10,13,16H,2-5,8-9,11-12H2,1H3,(H2,22,23,24);1H. The number of carbonyl (C=O) groups is 1. The van der Waals surface area contributed by atoms with E-state index in [0.717, 1.165) is 53.4 Å². The lowest BCUT2D eigenvalue weighted by Crippen LogP contribution is -2.45. The van der Waals surface area contributed by atoms with Gasteiger partial charge in [0.05, 0.1) is 0 Å². The minimum absolute atomic E-state index is 0. The number of carbonyl (C=O) groups excluding carboxylic acids is 1. The molecule has 1 aromatic rings. The summed E-state index contributed by atoms with van der Waals surface area (Å²) >= 11 is 9.68. The van der Waals surface area contributed by atoms with Gasteiger partial charge in [-0.15, -0.1) is 24.0 Å². The van der Waals surface area contributed by atoms with Crippen LogP contribution < -0.4 is 10.6 Å². The molecular weight excluding hydrogens is 542 g/mol. The fraction of sp³-hybridized carbons (Fsp3) is 0.579. The van der Waals surface area contributed by atoms with Crippen LogP contribution >= 0.6 is 51.5 Å². The van der Waals surface area contributed by atoms with Crippen LogP contribution in [-0.4, -0.2) is 42.9 Å². The first kappa shape index (κ1) is 22.7. The van der Waals surface area contributed by atoms with Gasteiger partial charge < -0.3 is 15.5 Å². The van der Waals surface area contributed by atoms with E-state index in [0.29, 0.717) is 12.5 Å². The monoisotopic (exact) mass is 568 g/mol. The van der Waals surface area contributed by atoms with E-state index in [4.69, 9.17) is 11.6 Å². The normalized spacial score (nSPS) is 20.5. The van der Waals surface area contributed by atoms with E-state index in [2.05, 4.69) is 31.6 Å². The zero-order chi connectivity index (χ0) is 18.5. The molecule has 1 unspecified atom stereocenters. The quantitative estimate of drug-likeness (QED) is 0.325. The Morgan fingerprint density at radius 2 is 2.07 bits per heavy atom. The van der Waals surface area contributed by atoms with E-state index in [1.807, 2.05) is 23.1 Å². The second-order valence-corrected chi connectivity index (χ2v) is 8.38. The molecule has 1 atom stereocenters. The van der Waals surface area contributed by atoms with E-state index in [1.54, 1.807) is 7.05 Å². The van der Waals surface area contributed by atoms with Crippen molar-refractivity contribution in [2.45, 2.75) is 44.7 Å². The number of rotatable bonds is 4. The molecule has 0 spiro atoms. The van der Waals surface area contributed by atoms with Gasteiger partial charge in [-0.1, -0.05) is 46.4 Å². The minimum atomic E-state index is 0. The molecule has 1 saturated heterocycles. The maximum atomic E-state index is 12.6. The minimum Gasteiger partial charge on any atom is -0.352 e. The number of nitrogens with one attached hydrogen (secondary N) is 2. The van der Waals surface area contributed by atoms with Crippen LogP contribution in [0.4, 0.5) is 0 Å². The highest BCUT2D eigenvalue weighted by atomic mass is 127. The smallest absolute Gasteiger partial charge is 0.225 e. The van der Waals surface area contributed by atoms with Crippen LogP contribution in [0.3, 0.4) is 0 Å². The van der Waals surface area contributed by atoms with Gasteiger partial charge in [-0.2, -0.15) is 0 Å². The van der Waals surface area contributed by atoms with Crippen molar-refractivity contribution in [1.29, 1.82) is 0 Å². The van der Waals surface area contributed by atoms with Gasteiger partial charge in [0, 0.05) is 48.1 Å². The summed E-state index contributed by atoms with van der Waals surface area (Å²) in [5, 5.41) is 7.46. The summed E-state index contributed by atoms with van der Waals surface area (Å²) < 4.78 is 0.965. The summed E-state index contributed by atoms with van der Waals surface area (Å²) in [6.45, 7) is 2.20. The number of benzene rings is 1. The number of hydrogen-bond acceptors (Lipinski definition) is 2. The van der Waals surface area contributed by atoms with Gasteiger partial charge in [0.1, 0.15) is 0 Å². The highest BCUT2D eigenvalue weighted by Gasteiger charge is 2.32. The molecule has 2 fully saturated rings. The highest BCUT2D eigenvalue weighted by Crippen LogP contribution is 2.28. The van der Waals surface area contributed by atoms with Gasteiger partial charge in [0.15, 0.2) is 5.96 Å². The molecule has 1 saturated carbocycles. The van der Waals surface area contributed by atoms with Gasteiger partial charge in [-0.25, -0.2) is 0 Å². The Labute approximate surface area is 191 Å². The number of nitrogens with zero attached hydrogens (tertiary/aromatic N) is 2. The Morgan fingerprint density at radius 3 is 2.74 bits per heavy atom. The van der Waals surface area contributed by atoms with Gasteiger partial charge in [0.25, 0.3) is 0 Å². The number of guanidine groups is 1. The van der Waals surface area contributed by atoms with E-state index in [-0.39, 0.29) is 35.9 Å². The summed E-state index contributed by atoms with van der Waals surface area (Å²) in [7, 11) is 1.76. The van der Waals surface area contributed by atoms with Gasteiger partial charge in [0.2, 0.25) is 5.91 Å². The van der Waals surface area contributed by atoms with Crippen molar-refractivity contribution in [1.82, 2.24) is 15.5 Å². The zero-order valence-corrected chi connectivity index (χ0v) is 20.2. The number of hydrogen-bond donors (Lipinski definition) is 2. The number of likely N-dealkylation sites (tertiary alicyclic amines) is 1. The summed E-state index contributed by atoms with van der Waals surface area (Å²) in [6.07, 6.45) is 5.47. The SMILES string of the molecule is CN=C(NCc1ccc(Br)cc1Cl)NC1CCN(C(=O)C2CCCC2)C1.I. The van der Waals surface area contributed by atoms with Crippen molar-refractivity contribution in [3.8, 4) is 0 Å². The van der Waals surface area contributed by atoms with Gasteiger partial charge in [-0.3, -0.25) is 9.79 Å². The molecular formula is C19H27BrClIN4O. The van der Waals surface area contributed by atoms with Crippen LogP contribution in [0.2, 0.25) is 5.02 Å². The van der Waals surface area contributed by atoms with Crippen molar-refractivity contribution in [3.63, 3.8) is 0 Å². The predicted molar refractivity (Wildman–Crippen MR) is 125 cm³/mol. The number of amides is 1. The Kier molecular flexibility index (Phi) is 9.14. The molecule has 1 aliphatic heterocycles. The van der Waals surface area contributed by atoms with Gasteiger partial charge in [-0.05, 0) is 37.0 Å². The molecule has 3 rings (SSSR count). The average molecular weight is 570 g/mol. The number of halogens is 3. The fourth-order valence-electron chi connectivity index (χ4n) is 3.74. The maximum absolute atomic E-state index is 12.6. The molecule has 150 valence electrons. The fourth-order valence-corrected chi connectivity index (χ4v) is 4.48. The predicted octanol–water partition coefficient (Wildman–Crippen LogP) is 4.18. The largest absolute Gasteiger partial charge is 0.352 e. The van der Waals surface area contributed by atoms with E-state index >= 15 is 0 Å². The molecule has 27 heavy (non-hydrogen) atoms. The maximum Gasteiger partial charge on any atom is 0.225 e. The molecule has 8 heteroatoms. The Hall–Kier alpha value is -0.540. The summed E-state index contributed by atoms with van der Waals surface area (Å²) in [5.41, 5.74) is 1.02. The summed E-state index contributed by atoms with van der Waals surface area (Å²) in [6, 6.07) is 6.09. The van der Waals surface area contributed by atoms with Crippen LogP contribution in [0.15, 0.2) is 27.7 Å². The van der Waals surface area contributed by atoms with Crippen molar-refractivity contribution in [2.24, 2.45) is 10.9 Å². The van der Waals surface area contributed by atoms with Crippen molar-refractivity contribution < 1.29 is 4.79 Å². The third-order valence-corrected chi connectivity index (χ3v) is 6.08. The topological polar surface area (TPSA) is 56.7 Å². The average Bonchev–Trinajstić information content (AvgIpc) is 3.31. The lowest BCUT2D eigenvalue weighted by atomic mass is 10.1. The van der Waals surface area contributed by atoms with E-state index in [1.165, 1.54) is 12.8 Å². The third-order valence-electron chi connectivity index (χ3n) is 5.23. The number of aliphatic imine (C=N–C) groups is 1. The Bertz CT molecular complexity index is 682. The lowest BCUT2D eigenvalue weighted by molar-refractivity contribution is -0.134. The molecule has 0 aromatic heterocycles. The lowest BCUT2D eigenvalue weighted by Gasteiger charge is -2.21. The summed E-state index contributed by atoms with van der Waals surface area (Å²) in [5.74, 6) is 1.34. The Morgan fingerprint density at radius 1 is 1.33 bits per heavy atom. The van der Waals surface area contributed by atoms with Crippen molar-refractivity contribution in [2.75, 3.05) is 20.1 Å². The van der Waals surface area contributed by atoms with Crippen LogP contribution in [-0.2, 0) is 11.3 Å². The van der Waals surface area contributed by atoms with E-state index < -0.39 is 0 Å². The van der Waals surface area contributed by atoms with Gasteiger partial charge >= 0.3 is 0 Å². The summed E-state index contributed by atoms with van der Waals surface area (Å²) in [4.78, 5) is 18.9. The molecule has 1 aliphatic carbocycles. The molecule has 0 radical (unpaired) electrons. The first-order chi connectivity index (χ1) is 12.6. The second-order valence-electron chi connectivity index (χ2n) is 7.06. The van der Waals surface area contributed by atoms with Crippen LogP contribution in [0.5, 0.6) is 0 Å². The highest BCUT2D eigenvalue weighted by molar-refractivity contribution is 14.0. The first-order valence-electron chi connectivity index (χ1n) is 9.26. The zero-order valence-electron chi connectivity index (χ0n) is 15.5. The molecule has 1 heterocycles. The second kappa shape index (κ2) is 10.9. The Balaban J connectivity index is 0.00000261. The molecule has 1 aromatic carbocycles. The molecule has 2 N–H and O–H groups in total. The molecule has 2 aliphatic rings. The van der Waals surface area contributed by atoms with Crippen LogP contribution in [0.1, 0.15) is 37.7 Å². The third kappa shape index (κ3) is 6.22. The molecule has 5 nitrogen and oxygen atoms in total. The van der Waals surface area contributed by atoms with Crippen LogP contribution in [0.25, 0.3) is 0 Å². The molecule has 1 amide bonds. The van der Waals surface area contributed by atoms with Crippen molar-refractivity contribution >= 4 is 63.4 Å². The first-order valence-corrected chi connectivity index (χ1v) is 10.4. The molecule has 0 bridgehead atoms. The van der Waals surface area contributed by atoms with Crippen molar-refractivity contribution in [3.05, 3.63) is 33.3 Å².